The summed E-state index contributed by atoms with van der Waals surface area (Å²) in [6, 6.07) is 6.23. The van der Waals surface area contributed by atoms with Crippen LogP contribution >= 0.6 is 0 Å². The van der Waals surface area contributed by atoms with Crippen molar-refractivity contribution in [2.45, 2.75) is 45.8 Å². The normalized spacial score (nSPS) is 17.8. The first-order valence-electron chi connectivity index (χ1n) is 7.46. The molecule has 0 saturated heterocycles. The Bertz CT molecular complexity index is 596. The maximum Gasteiger partial charge on any atom is 0.216 e. The third kappa shape index (κ3) is 3.65. The molecule has 0 fully saturated rings. The Hall–Kier alpha value is -0.910. The highest BCUT2D eigenvalue weighted by molar-refractivity contribution is 7.89. The third-order valence-corrected chi connectivity index (χ3v) is 6.12. The summed E-state index contributed by atoms with van der Waals surface area (Å²) < 4.78 is 31.5. The molecule has 0 bridgehead atoms. The van der Waals surface area contributed by atoms with E-state index in [9.17, 15) is 8.42 Å². The van der Waals surface area contributed by atoms with E-state index in [0.717, 1.165) is 12.0 Å². The zero-order chi connectivity index (χ0) is 15.6. The first-order valence-corrected chi connectivity index (χ1v) is 9.07. The summed E-state index contributed by atoms with van der Waals surface area (Å²) in [5, 5.41) is 0. The molecule has 1 atom stereocenters. The molecule has 1 aromatic rings. The number of ether oxygens (including phenoxy) is 1. The number of fused-ring (bicyclic) bond motifs is 1. The van der Waals surface area contributed by atoms with Crippen LogP contribution in [-0.4, -0.2) is 38.2 Å². The molecule has 1 unspecified atom stereocenters. The van der Waals surface area contributed by atoms with E-state index < -0.39 is 10.0 Å². The molecule has 1 aliphatic heterocycles. The Morgan fingerprint density at radius 3 is 2.62 bits per heavy atom. The van der Waals surface area contributed by atoms with Crippen molar-refractivity contribution in [3.63, 3.8) is 0 Å². The number of sulfonamides is 1. The molecule has 0 spiro atoms. The van der Waals surface area contributed by atoms with Gasteiger partial charge >= 0.3 is 0 Å². The van der Waals surface area contributed by atoms with Gasteiger partial charge in [-0.05, 0) is 36.0 Å². The number of hydrogen-bond acceptors (Lipinski definition) is 3. The minimum Gasteiger partial charge on any atom is -0.381 e. The van der Waals surface area contributed by atoms with Gasteiger partial charge in [-0.25, -0.2) is 8.42 Å². The van der Waals surface area contributed by atoms with Crippen LogP contribution in [-0.2, 0) is 27.7 Å². The molecule has 0 saturated carbocycles. The van der Waals surface area contributed by atoms with E-state index in [-0.39, 0.29) is 11.9 Å². The van der Waals surface area contributed by atoms with Crippen molar-refractivity contribution in [2.75, 3.05) is 19.4 Å². The molecule has 118 valence electrons. The minimum absolute atomic E-state index is 0.0443. The monoisotopic (exact) mass is 311 g/mol. The zero-order valence-electron chi connectivity index (χ0n) is 13.3. The lowest BCUT2D eigenvalue weighted by Gasteiger charge is -2.30. The van der Waals surface area contributed by atoms with Crippen LogP contribution in [0.5, 0.6) is 0 Å². The largest absolute Gasteiger partial charge is 0.381 e. The first kappa shape index (κ1) is 16.5. The Kier molecular flexibility index (Phi) is 5.07. The number of rotatable bonds is 5. The summed E-state index contributed by atoms with van der Waals surface area (Å²) in [7, 11) is -1.72. The fraction of sp³-hybridized carbons (Fsp3) is 0.625. The molecule has 5 heteroatoms. The van der Waals surface area contributed by atoms with Crippen LogP contribution in [0.15, 0.2) is 18.2 Å². The molecule has 0 radical (unpaired) electrons. The second-order valence-corrected chi connectivity index (χ2v) is 8.06. The van der Waals surface area contributed by atoms with E-state index in [1.165, 1.54) is 11.1 Å². The second-order valence-electron chi connectivity index (χ2n) is 6.05. The zero-order valence-corrected chi connectivity index (χ0v) is 14.1. The van der Waals surface area contributed by atoms with Crippen molar-refractivity contribution in [3.05, 3.63) is 34.9 Å². The predicted molar refractivity (Wildman–Crippen MR) is 84.9 cm³/mol. The van der Waals surface area contributed by atoms with Crippen LogP contribution in [0, 0.1) is 0 Å². The lowest BCUT2D eigenvalue weighted by Crippen LogP contribution is -2.40. The van der Waals surface area contributed by atoms with Gasteiger partial charge in [-0.1, -0.05) is 32.0 Å². The van der Waals surface area contributed by atoms with Gasteiger partial charge in [0.1, 0.15) is 0 Å². The van der Waals surface area contributed by atoms with Gasteiger partial charge in [-0.2, -0.15) is 4.31 Å². The lowest BCUT2D eigenvalue weighted by atomic mass is 9.90. The smallest absolute Gasteiger partial charge is 0.216 e. The van der Waals surface area contributed by atoms with Crippen LogP contribution in [0.2, 0.25) is 0 Å². The molecule has 0 amide bonds. The van der Waals surface area contributed by atoms with Crippen molar-refractivity contribution in [2.24, 2.45) is 0 Å². The fourth-order valence-corrected chi connectivity index (χ4v) is 4.51. The van der Waals surface area contributed by atoms with Crippen LogP contribution in [0.4, 0.5) is 0 Å². The van der Waals surface area contributed by atoms with E-state index in [1.807, 2.05) is 12.1 Å². The molecule has 1 aromatic carbocycles. The van der Waals surface area contributed by atoms with Crippen LogP contribution in [0.1, 0.15) is 43.4 Å². The highest BCUT2D eigenvalue weighted by Crippen LogP contribution is 2.28. The van der Waals surface area contributed by atoms with Gasteiger partial charge in [-0.3, -0.25) is 0 Å². The summed E-state index contributed by atoms with van der Waals surface area (Å²) in [5.41, 5.74) is 3.81. The Balaban J connectivity index is 2.22. The molecule has 1 heterocycles. The van der Waals surface area contributed by atoms with Gasteiger partial charge in [0.25, 0.3) is 0 Å². The molecular formula is C16H25NO3S. The van der Waals surface area contributed by atoms with Gasteiger partial charge in [-0.15, -0.1) is 0 Å². The summed E-state index contributed by atoms with van der Waals surface area (Å²) in [6.45, 7) is 7.19. The van der Waals surface area contributed by atoms with Gasteiger partial charge in [0.05, 0.1) is 11.9 Å². The van der Waals surface area contributed by atoms with Gasteiger partial charge in [0.2, 0.25) is 10.0 Å². The summed E-state index contributed by atoms with van der Waals surface area (Å²) >= 11 is 0. The maximum absolute atomic E-state index is 12.4. The number of nitrogens with zero attached hydrogens (tertiary/aromatic N) is 1. The topological polar surface area (TPSA) is 46.6 Å². The molecule has 0 aliphatic carbocycles. The third-order valence-electron chi connectivity index (χ3n) is 4.13. The van der Waals surface area contributed by atoms with Crippen molar-refractivity contribution < 1.29 is 13.2 Å². The first-order chi connectivity index (χ1) is 9.85. The van der Waals surface area contributed by atoms with Crippen LogP contribution in [0.25, 0.3) is 0 Å². The van der Waals surface area contributed by atoms with E-state index in [1.54, 1.807) is 18.3 Å². The number of benzene rings is 1. The SMILES string of the molecule is COC(C)CS(=O)(=O)N1CCc2c(cccc2C(C)C)C1. The summed E-state index contributed by atoms with van der Waals surface area (Å²) in [5.74, 6) is 0.513. The quantitative estimate of drug-likeness (QED) is 0.839. The minimum atomic E-state index is -3.26. The van der Waals surface area contributed by atoms with Crippen LogP contribution in [0.3, 0.4) is 0 Å². The molecule has 1 aliphatic rings. The van der Waals surface area contributed by atoms with E-state index in [2.05, 4.69) is 19.9 Å². The van der Waals surface area contributed by atoms with Gasteiger partial charge in [0.15, 0.2) is 0 Å². The molecule has 2 rings (SSSR count). The molecule has 21 heavy (non-hydrogen) atoms. The molecular weight excluding hydrogens is 286 g/mol. The maximum atomic E-state index is 12.4. The van der Waals surface area contributed by atoms with Crippen molar-refractivity contribution >= 4 is 10.0 Å². The second kappa shape index (κ2) is 6.46. The Morgan fingerprint density at radius 1 is 1.29 bits per heavy atom. The van der Waals surface area contributed by atoms with Crippen molar-refractivity contribution in [3.8, 4) is 0 Å². The number of methoxy groups -OCH3 is 1. The molecule has 0 N–H and O–H groups in total. The van der Waals surface area contributed by atoms with Gasteiger partial charge in [0, 0.05) is 20.2 Å². The molecule has 4 nitrogen and oxygen atoms in total. The standard InChI is InChI=1S/C16H25NO3S/c1-12(2)15-7-5-6-14-10-17(9-8-16(14)15)21(18,19)11-13(3)20-4/h5-7,12-13H,8-11H2,1-4H3. The lowest BCUT2D eigenvalue weighted by molar-refractivity contribution is 0.135. The summed E-state index contributed by atoms with van der Waals surface area (Å²) in [4.78, 5) is 0. The number of hydrogen-bond donors (Lipinski definition) is 0. The molecule has 0 aromatic heterocycles. The highest BCUT2D eigenvalue weighted by atomic mass is 32.2. The predicted octanol–water partition coefficient (Wildman–Crippen LogP) is 2.53. The average Bonchev–Trinajstić information content (AvgIpc) is 2.45. The fourth-order valence-electron chi connectivity index (χ4n) is 2.86. The van der Waals surface area contributed by atoms with E-state index in [4.69, 9.17) is 4.74 Å². The highest BCUT2D eigenvalue weighted by Gasteiger charge is 2.29. The average molecular weight is 311 g/mol. The van der Waals surface area contributed by atoms with E-state index >= 15 is 0 Å². The van der Waals surface area contributed by atoms with Gasteiger partial charge < -0.3 is 4.74 Å². The Morgan fingerprint density at radius 2 is 2.00 bits per heavy atom. The van der Waals surface area contributed by atoms with Crippen LogP contribution < -0.4 is 0 Å². The van der Waals surface area contributed by atoms with Crippen molar-refractivity contribution in [1.29, 1.82) is 0 Å². The van der Waals surface area contributed by atoms with E-state index in [0.29, 0.717) is 19.0 Å². The summed E-state index contributed by atoms with van der Waals surface area (Å²) in [6.07, 6.45) is 0.517. The Labute approximate surface area is 128 Å². The van der Waals surface area contributed by atoms with Crippen molar-refractivity contribution in [1.82, 2.24) is 4.31 Å².